The van der Waals surface area contributed by atoms with Gasteiger partial charge in [-0.05, 0) is 43.4 Å². The number of nitrogens with two attached hydrogens (primary N) is 2. The fourth-order valence-electron chi connectivity index (χ4n) is 4.79. The van der Waals surface area contributed by atoms with Gasteiger partial charge in [0.2, 0.25) is 5.91 Å². The van der Waals surface area contributed by atoms with Crippen molar-refractivity contribution in [3.63, 3.8) is 0 Å². The number of carbonyl (C=O) groups is 4. The van der Waals surface area contributed by atoms with E-state index in [1.807, 2.05) is 17.0 Å². The molecule has 1 saturated heterocycles. The number of piperidine rings is 1. The summed E-state index contributed by atoms with van der Waals surface area (Å²) < 4.78 is 10.3. The van der Waals surface area contributed by atoms with Crippen LogP contribution in [0.4, 0.5) is 11.6 Å². The number of nitrogen functional groups attached to an aromatic ring is 2. The van der Waals surface area contributed by atoms with E-state index >= 15 is 0 Å². The van der Waals surface area contributed by atoms with Crippen LogP contribution >= 0.6 is 11.6 Å². The van der Waals surface area contributed by atoms with Crippen molar-refractivity contribution in [3.8, 4) is 5.75 Å². The Morgan fingerprint density at radius 2 is 1.72 bits per heavy atom. The molecular formula is C28H35ClN8O6. The number of amidine groups is 1. The second-order valence-electron chi connectivity index (χ2n) is 10.6. The number of aromatic nitrogens is 2. The largest absolute Gasteiger partial charge is 0.482 e. The summed E-state index contributed by atoms with van der Waals surface area (Å²) in [5.74, 6) is -0.581. The number of hydrogen-bond donors (Lipinski definition) is 3. The number of carbonyl (C=O) groups excluding carboxylic acids is 4. The van der Waals surface area contributed by atoms with Gasteiger partial charge in [-0.15, -0.1) is 0 Å². The molecule has 3 amide bonds. The highest BCUT2D eigenvalue weighted by Crippen LogP contribution is 2.36. The molecule has 14 nitrogen and oxygen atoms in total. The lowest BCUT2D eigenvalue weighted by Crippen LogP contribution is -2.45. The average molecular weight is 615 g/mol. The quantitative estimate of drug-likeness (QED) is 0.345. The minimum atomic E-state index is -0.638. The van der Waals surface area contributed by atoms with Gasteiger partial charge in [-0.2, -0.15) is 0 Å². The molecule has 43 heavy (non-hydrogen) atoms. The van der Waals surface area contributed by atoms with E-state index in [1.165, 1.54) is 4.90 Å². The Bertz CT molecular complexity index is 1410. The summed E-state index contributed by atoms with van der Waals surface area (Å²) in [7, 11) is 3.15. The van der Waals surface area contributed by atoms with Gasteiger partial charge in [-0.1, -0.05) is 23.7 Å². The number of nitrogens with zero attached hydrogens (tertiary/aromatic N) is 5. The number of ether oxygens (including phenoxy) is 2. The molecule has 0 bridgehead atoms. The van der Waals surface area contributed by atoms with Gasteiger partial charge in [-0.3, -0.25) is 19.4 Å². The molecule has 0 atom stereocenters. The normalized spacial score (nSPS) is 15.5. The van der Waals surface area contributed by atoms with Crippen molar-refractivity contribution in [2.75, 3.05) is 51.9 Å². The standard InChI is InChI=1S/C28H35ClN8O6/c1-36(2)21(39)15-43-22(40)16-42-18-6-3-17(4-7-18)5-8-20(38)37-13-11-28(12-14-37)10-9-19(35-28)32-27(41)23-25(30)34-26(31)24(29)33-23/h3-4,6-7H,5,8-16H2,1-2H3,(H4,30,31,34)(H,32,35,41). The number of likely N-dealkylation sites (tertiary alicyclic amines) is 1. The minimum Gasteiger partial charge on any atom is -0.482 e. The van der Waals surface area contributed by atoms with Gasteiger partial charge in [0.1, 0.15) is 11.6 Å². The van der Waals surface area contributed by atoms with Crippen molar-refractivity contribution in [2.45, 2.75) is 44.1 Å². The van der Waals surface area contributed by atoms with Gasteiger partial charge in [0.05, 0.1) is 5.54 Å². The molecule has 1 aromatic carbocycles. The maximum atomic E-state index is 12.9. The molecule has 2 aliphatic heterocycles. The van der Waals surface area contributed by atoms with Crippen LogP contribution in [0.15, 0.2) is 29.3 Å². The first-order chi connectivity index (χ1) is 20.4. The van der Waals surface area contributed by atoms with E-state index < -0.39 is 11.9 Å². The molecule has 1 spiro atoms. The number of hydrogen-bond acceptors (Lipinski definition) is 11. The number of nitrogens with one attached hydrogen (secondary N) is 1. The number of halogens is 1. The summed E-state index contributed by atoms with van der Waals surface area (Å²) in [6.07, 6.45) is 3.68. The van der Waals surface area contributed by atoms with Gasteiger partial charge in [0.15, 0.2) is 35.7 Å². The topological polar surface area (TPSA) is 195 Å². The summed E-state index contributed by atoms with van der Waals surface area (Å²) in [6, 6.07) is 7.13. The second kappa shape index (κ2) is 13.7. The Kier molecular flexibility index (Phi) is 10.0. The summed E-state index contributed by atoms with van der Waals surface area (Å²) >= 11 is 5.89. The zero-order valence-electron chi connectivity index (χ0n) is 24.1. The van der Waals surface area contributed by atoms with E-state index in [4.69, 9.17) is 37.5 Å². The number of amides is 3. The zero-order valence-corrected chi connectivity index (χ0v) is 24.9. The molecular weight excluding hydrogens is 580 g/mol. The third kappa shape index (κ3) is 8.31. The Morgan fingerprint density at radius 1 is 1.02 bits per heavy atom. The van der Waals surface area contributed by atoms with Crippen LogP contribution in [0.25, 0.3) is 0 Å². The fraction of sp³-hybridized carbons (Fsp3) is 0.464. The summed E-state index contributed by atoms with van der Waals surface area (Å²) in [4.78, 5) is 64.6. The number of aryl methyl sites for hydroxylation is 1. The Morgan fingerprint density at radius 3 is 2.40 bits per heavy atom. The first kappa shape index (κ1) is 31.5. The third-order valence-corrected chi connectivity index (χ3v) is 7.67. The molecule has 0 saturated carbocycles. The van der Waals surface area contributed by atoms with Crippen LogP contribution in [0.2, 0.25) is 5.15 Å². The van der Waals surface area contributed by atoms with E-state index in [2.05, 4.69) is 15.3 Å². The van der Waals surface area contributed by atoms with Crippen molar-refractivity contribution in [1.82, 2.24) is 25.1 Å². The molecule has 3 heterocycles. The SMILES string of the molecule is CN(C)C(=O)COC(=O)COc1ccc(CCC(=O)N2CCC3(CCC(NC(=O)c4nc(Cl)c(N)nc4N)=N3)CC2)cc1. The summed E-state index contributed by atoms with van der Waals surface area (Å²) in [6.45, 7) is 0.519. The first-order valence-corrected chi connectivity index (χ1v) is 14.2. The van der Waals surface area contributed by atoms with Crippen LogP contribution in [0, 0.1) is 0 Å². The molecule has 2 aliphatic rings. The maximum Gasteiger partial charge on any atom is 0.344 e. The van der Waals surface area contributed by atoms with Crippen LogP contribution in [0.3, 0.4) is 0 Å². The van der Waals surface area contributed by atoms with E-state index in [0.717, 1.165) is 12.0 Å². The van der Waals surface area contributed by atoms with Crippen molar-refractivity contribution >= 4 is 52.8 Å². The number of likely N-dealkylation sites (N-methyl/N-ethyl adjacent to an activating group) is 1. The smallest absolute Gasteiger partial charge is 0.344 e. The third-order valence-electron chi connectivity index (χ3n) is 7.39. The monoisotopic (exact) mass is 614 g/mol. The highest BCUT2D eigenvalue weighted by atomic mass is 35.5. The molecule has 1 fully saturated rings. The first-order valence-electron chi connectivity index (χ1n) is 13.8. The van der Waals surface area contributed by atoms with E-state index in [0.29, 0.717) is 56.8 Å². The number of esters is 1. The Balaban J connectivity index is 1.19. The second-order valence-corrected chi connectivity index (χ2v) is 11.0. The molecule has 4 rings (SSSR count). The van der Waals surface area contributed by atoms with Crippen LogP contribution in [-0.4, -0.2) is 95.2 Å². The molecule has 0 unspecified atom stereocenters. The molecule has 230 valence electrons. The predicted molar refractivity (Wildman–Crippen MR) is 158 cm³/mol. The van der Waals surface area contributed by atoms with E-state index in [-0.39, 0.29) is 53.0 Å². The van der Waals surface area contributed by atoms with Crippen molar-refractivity contribution in [1.29, 1.82) is 0 Å². The summed E-state index contributed by atoms with van der Waals surface area (Å²) in [5, 5.41) is 2.66. The van der Waals surface area contributed by atoms with Gasteiger partial charge >= 0.3 is 5.97 Å². The van der Waals surface area contributed by atoms with Crippen LogP contribution in [0.5, 0.6) is 5.75 Å². The Hall–Kier alpha value is -4.46. The lowest BCUT2D eigenvalue weighted by atomic mass is 9.86. The van der Waals surface area contributed by atoms with Crippen molar-refractivity contribution in [3.05, 3.63) is 40.7 Å². The average Bonchev–Trinajstić information content (AvgIpc) is 3.37. The highest BCUT2D eigenvalue weighted by Gasteiger charge is 2.39. The minimum absolute atomic E-state index is 0.0509. The maximum absolute atomic E-state index is 12.9. The molecule has 1 aromatic heterocycles. The number of anilines is 2. The molecule has 15 heteroatoms. The number of rotatable bonds is 9. The van der Waals surface area contributed by atoms with Gasteiger partial charge in [-0.25, -0.2) is 14.8 Å². The molecule has 2 aromatic rings. The van der Waals surface area contributed by atoms with Crippen molar-refractivity contribution < 1.29 is 28.7 Å². The van der Waals surface area contributed by atoms with E-state index in [1.54, 1.807) is 26.2 Å². The lowest BCUT2D eigenvalue weighted by Gasteiger charge is -2.37. The Labute approximate surface area is 253 Å². The van der Waals surface area contributed by atoms with Crippen LogP contribution in [0.1, 0.15) is 48.2 Å². The van der Waals surface area contributed by atoms with Gasteiger partial charge < -0.3 is 36.1 Å². The summed E-state index contributed by atoms with van der Waals surface area (Å²) in [5.41, 5.74) is 11.9. The highest BCUT2D eigenvalue weighted by molar-refractivity contribution is 6.31. The molecule has 0 radical (unpaired) electrons. The lowest BCUT2D eigenvalue weighted by molar-refractivity contribution is -0.152. The predicted octanol–water partition coefficient (Wildman–Crippen LogP) is 1.22. The fourth-order valence-corrected chi connectivity index (χ4v) is 4.92. The number of aliphatic imine (C=N–C) groups is 1. The zero-order chi connectivity index (χ0) is 31.1. The number of benzene rings is 1. The van der Waals surface area contributed by atoms with Crippen LogP contribution in [-0.2, 0) is 25.5 Å². The van der Waals surface area contributed by atoms with Gasteiger partial charge in [0.25, 0.3) is 11.8 Å². The van der Waals surface area contributed by atoms with Crippen molar-refractivity contribution in [2.24, 2.45) is 4.99 Å². The molecule has 5 N–H and O–H groups in total. The van der Waals surface area contributed by atoms with E-state index in [9.17, 15) is 19.2 Å². The van der Waals surface area contributed by atoms with Crippen LogP contribution < -0.4 is 21.5 Å². The molecule has 0 aliphatic carbocycles. The van der Waals surface area contributed by atoms with Gasteiger partial charge in [0, 0.05) is 40.0 Å².